The van der Waals surface area contributed by atoms with E-state index in [0.717, 1.165) is 18.7 Å². The van der Waals surface area contributed by atoms with E-state index in [-0.39, 0.29) is 5.69 Å². The van der Waals surface area contributed by atoms with Crippen LogP contribution in [-0.2, 0) is 6.54 Å². The second-order valence-corrected chi connectivity index (χ2v) is 4.78. The van der Waals surface area contributed by atoms with E-state index in [1.54, 1.807) is 12.1 Å². The lowest BCUT2D eigenvalue weighted by atomic mass is 10.1. The number of nitrogens with one attached hydrogen (secondary N) is 1. The van der Waals surface area contributed by atoms with Gasteiger partial charge in [0.25, 0.3) is 5.69 Å². The number of hydrogen-bond donors (Lipinski definition) is 2. The van der Waals surface area contributed by atoms with E-state index < -0.39 is 4.92 Å². The molecule has 0 aliphatic heterocycles. The molecule has 0 amide bonds. The quantitative estimate of drug-likeness (QED) is 0.433. The molecular formula is C12H21N5O2. The van der Waals surface area contributed by atoms with E-state index in [0.29, 0.717) is 12.2 Å². The highest BCUT2D eigenvalue weighted by Crippen LogP contribution is 2.22. The molecule has 19 heavy (non-hydrogen) atoms. The molecule has 0 atom stereocenters. The molecule has 106 valence electrons. The van der Waals surface area contributed by atoms with Crippen LogP contribution in [0.5, 0.6) is 0 Å². The smallest absolute Gasteiger partial charge is 0.269 e. The number of benzene rings is 1. The maximum Gasteiger partial charge on any atom is 0.269 e. The largest absolute Gasteiger partial charge is 0.324 e. The molecule has 1 aromatic carbocycles. The Labute approximate surface area is 113 Å². The molecule has 0 unspecified atom stereocenters. The van der Waals surface area contributed by atoms with Crippen molar-refractivity contribution in [3.63, 3.8) is 0 Å². The molecule has 7 nitrogen and oxygen atoms in total. The Bertz CT molecular complexity index is 436. The minimum absolute atomic E-state index is 0.0787. The van der Waals surface area contributed by atoms with Gasteiger partial charge in [0.15, 0.2) is 0 Å². The van der Waals surface area contributed by atoms with Crippen LogP contribution in [0.25, 0.3) is 0 Å². The minimum atomic E-state index is -0.399. The third-order valence-electron chi connectivity index (χ3n) is 2.82. The SMILES string of the molecule is CN(C)CCN(C)Cc1cc([N+](=O)[O-])ccc1NN. The van der Waals surface area contributed by atoms with Gasteiger partial charge in [-0.05, 0) is 32.8 Å². The summed E-state index contributed by atoms with van der Waals surface area (Å²) in [5.74, 6) is 5.43. The highest BCUT2D eigenvalue weighted by atomic mass is 16.6. The number of likely N-dealkylation sites (N-methyl/N-ethyl adjacent to an activating group) is 2. The van der Waals surface area contributed by atoms with Crippen molar-refractivity contribution in [1.82, 2.24) is 9.80 Å². The number of hydrazine groups is 1. The second kappa shape index (κ2) is 7.03. The average molecular weight is 267 g/mol. The van der Waals surface area contributed by atoms with Gasteiger partial charge in [-0.3, -0.25) is 16.0 Å². The Morgan fingerprint density at radius 2 is 2.00 bits per heavy atom. The summed E-state index contributed by atoms with van der Waals surface area (Å²) in [6.45, 7) is 2.41. The summed E-state index contributed by atoms with van der Waals surface area (Å²) in [4.78, 5) is 14.6. The fraction of sp³-hybridized carbons (Fsp3) is 0.500. The number of non-ortho nitro benzene ring substituents is 1. The van der Waals surface area contributed by atoms with Gasteiger partial charge in [0, 0.05) is 31.8 Å². The van der Waals surface area contributed by atoms with Crippen LogP contribution >= 0.6 is 0 Å². The topological polar surface area (TPSA) is 87.7 Å². The molecule has 0 saturated heterocycles. The molecule has 7 heteroatoms. The zero-order chi connectivity index (χ0) is 14.4. The van der Waals surface area contributed by atoms with Gasteiger partial charge in [0.1, 0.15) is 0 Å². The van der Waals surface area contributed by atoms with Crippen LogP contribution in [0.3, 0.4) is 0 Å². The molecule has 1 rings (SSSR count). The first kappa shape index (κ1) is 15.4. The Morgan fingerprint density at radius 3 is 2.53 bits per heavy atom. The van der Waals surface area contributed by atoms with Crippen LogP contribution in [0.1, 0.15) is 5.56 Å². The molecular weight excluding hydrogens is 246 g/mol. The van der Waals surface area contributed by atoms with Crippen molar-refractivity contribution >= 4 is 11.4 Å². The first-order valence-corrected chi connectivity index (χ1v) is 6.01. The predicted octanol–water partition coefficient (Wildman–Crippen LogP) is 0.874. The highest BCUT2D eigenvalue weighted by Gasteiger charge is 2.12. The van der Waals surface area contributed by atoms with Crippen LogP contribution in [0, 0.1) is 10.1 Å². The number of nitro groups is 1. The number of nitrogens with two attached hydrogens (primary N) is 1. The third-order valence-corrected chi connectivity index (χ3v) is 2.82. The molecule has 0 fully saturated rings. The lowest BCUT2D eigenvalue weighted by molar-refractivity contribution is -0.384. The van der Waals surface area contributed by atoms with Gasteiger partial charge in [-0.15, -0.1) is 0 Å². The normalized spacial score (nSPS) is 11.1. The molecule has 0 aliphatic carbocycles. The maximum atomic E-state index is 10.8. The monoisotopic (exact) mass is 267 g/mol. The fourth-order valence-corrected chi connectivity index (χ4v) is 1.71. The van der Waals surface area contributed by atoms with E-state index in [1.807, 2.05) is 21.1 Å². The molecule has 0 aromatic heterocycles. The highest BCUT2D eigenvalue weighted by molar-refractivity contribution is 5.55. The van der Waals surface area contributed by atoms with E-state index in [4.69, 9.17) is 5.84 Å². The number of nitrogen functional groups attached to an aromatic ring is 1. The van der Waals surface area contributed by atoms with Crippen LogP contribution in [0.15, 0.2) is 18.2 Å². The van der Waals surface area contributed by atoms with Gasteiger partial charge in [-0.2, -0.15) is 0 Å². The average Bonchev–Trinajstić information content (AvgIpc) is 2.36. The maximum absolute atomic E-state index is 10.8. The Morgan fingerprint density at radius 1 is 1.32 bits per heavy atom. The molecule has 0 bridgehead atoms. The first-order valence-electron chi connectivity index (χ1n) is 6.01. The third kappa shape index (κ3) is 4.82. The summed E-state index contributed by atoms with van der Waals surface area (Å²) >= 11 is 0. The standard InChI is InChI=1S/C12H21N5O2/c1-15(2)6-7-16(3)9-10-8-11(17(18)19)4-5-12(10)14-13/h4-5,8,14H,6-7,9,13H2,1-3H3. The molecule has 1 aromatic rings. The summed E-state index contributed by atoms with van der Waals surface area (Å²) in [7, 11) is 5.99. The summed E-state index contributed by atoms with van der Waals surface area (Å²) in [5.41, 5.74) is 4.18. The first-order chi connectivity index (χ1) is 8.93. The Hall–Kier alpha value is -1.70. The van der Waals surface area contributed by atoms with Gasteiger partial charge in [-0.25, -0.2) is 0 Å². The zero-order valence-corrected chi connectivity index (χ0v) is 11.6. The predicted molar refractivity (Wildman–Crippen MR) is 75.8 cm³/mol. The number of anilines is 1. The minimum Gasteiger partial charge on any atom is -0.324 e. The number of nitrogens with zero attached hydrogens (tertiary/aromatic N) is 3. The van der Waals surface area contributed by atoms with Crippen molar-refractivity contribution < 1.29 is 4.92 Å². The summed E-state index contributed by atoms with van der Waals surface area (Å²) < 4.78 is 0. The molecule has 0 radical (unpaired) electrons. The summed E-state index contributed by atoms with van der Waals surface area (Å²) in [5, 5.41) is 10.8. The summed E-state index contributed by atoms with van der Waals surface area (Å²) in [6.07, 6.45) is 0. The van der Waals surface area contributed by atoms with Crippen LogP contribution in [0.2, 0.25) is 0 Å². The van der Waals surface area contributed by atoms with E-state index >= 15 is 0 Å². The molecule has 0 heterocycles. The van der Waals surface area contributed by atoms with Crippen LogP contribution in [0.4, 0.5) is 11.4 Å². The van der Waals surface area contributed by atoms with Crippen molar-refractivity contribution in [2.45, 2.75) is 6.54 Å². The van der Waals surface area contributed by atoms with Gasteiger partial charge in [0.2, 0.25) is 0 Å². The Kier molecular flexibility index (Phi) is 5.68. The molecule has 0 saturated carbocycles. The van der Waals surface area contributed by atoms with Crippen LogP contribution in [-0.4, -0.2) is 49.0 Å². The zero-order valence-electron chi connectivity index (χ0n) is 11.6. The van der Waals surface area contributed by atoms with E-state index in [1.165, 1.54) is 6.07 Å². The lowest BCUT2D eigenvalue weighted by Gasteiger charge is -2.20. The lowest BCUT2D eigenvalue weighted by Crippen LogP contribution is -2.28. The summed E-state index contributed by atoms with van der Waals surface area (Å²) in [6, 6.07) is 4.63. The van der Waals surface area contributed by atoms with E-state index in [9.17, 15) is 10.1 Å². The van der Waals surface area contributed by atoms with Crippen LogP contribution < -0.4 is 11.3 Å². The van der Waals surface area contributed by atoms with Crippen molar-refractivity contribution in [1.29, 1.82) is 0 Å². The number of rotatable bonds is 7. The van der Waals surface area contributed by atoms with Gasteiger partial charge in [0.05, 0.1) is 10.6 Å². The van der Waals surface area contributed by atoms with Gasteiger partial charge in [-0.1, -0.05) is 0 Å². The number of nitro benzene ring substituents is 1. The fourth-order valence-electron chi connectivity index (χ4n) is 1.71. The van der Waals surface area contributed by atoms with Crippen molar-refractivity contribution in [3.8, 4) is 0 Å². The van der Waals surface area contributed by atoms with Crippen molar-refractivity contribution in [2.24, 2.45) is 5.84 Å². The van der Waals surface area contributed by atoms with Crippen molar-refractivity contribution in [3.05, 3.63) is 33.9 Å². The number of hydrogen-bond acceptors (Lipinski definition) is 6. The van der Waals surface area contributed by atoms with Gasteiger partial charge >= 0.3 is 0 Å². The van der Waals surface area contributed by atoms with E-state index in [2.05, 4.69) is 15.2 Å². The molecule has 0 spiro atoms. The van der Waals surface area contributed by atoms with Gasteiger partial charge < -0.3 is 15.2 Å². The molecule has 0 aliphatic rings. The van der Waals surface area contributed by atoms with Crippen molar-refractivity contribution in [2.75, 3.05) is 39.7 Å². The Balaban J connectivity index is 2.79. The molecule has 3 N–H and O–H groups in total. The second-order valence-electron chi connectivity index (χ2n) is 4.78.